The fourth-order valence-corrected chi connectivity index (χ4v) is 5.30. The topological polar surface area (TPSA) is 94.5 Å². The molecule has 0 unspecified atom stereocenters. The van der Waals surface area contributed by atoms with Gasteiger partial charge in [0.05, 0.1) is 0 Å². The maximum atomic E-state index is 12.6. The van der Waals surface area contributed by atoms with E-state index in [4.69, 9.17) is 12.2 Å². The highest BCUT2D eigenvalue weighted by Gasteiger charge is 2.34. The van der Waals surface area contributed by atoms with Gasteiger partial charge < -0.3 is 4.90 Å². The molecule has 2 saturated heterocycles. The Morgan fingerprint density at radius 3 is 2.35 bits per heavy atom. The van der Waals surface area contributed by atoms with Crippen LogP contribution in [0.4, 0.5) is 0 Å². The second-order valence-electron chi connectivity index (χ2n) is 6.67. The molecule has 9 nitrogen and oxygen atoms in total. The van der Waals surface area contributed by atoms with Crippen molar-refractivity contribution in [2.45, 2.75) is 39.2 Å². The molecule has 11 heteroatoms. The average molecular weight is 403 g/mol. The molecule has 1 aromatic rings. The van der Waals surface area contributed by atoms with Crippen molar-refractivity contribution in [3.63, 3.8) is 0 Å². The monoisotopic (exact) mass is 402 g/mol. The van der Waals surface area contributed by atoms with Gasteiger partial charge in [-0.05, 0) is 31.5 Å². The highest BCUT2D eigenvalue weighted by atomic mass is 32.2. The summed E-state index contributed by atoms with van der Waals surface area (Å²) in [6.07, 6.45) is 3.51. The third-order valence-corrected chi connectivity index (χ3v) is 7.26. The number of aromatic nitrogens is 3. The number of nitrogens with one attached hydrogen (secondary N) is 1. The number of carbonyl (C=O) groups excluding carboxylic acids is 1. The van der Waals surface area contributed by atoms with Crippen molar-refractivity contribution in [2.24, 2.45) is 0 Å². The summed E-state index contributed by atoms with van der Waals surface area (Å²) in [6.45, 7) is 4.86. The maximum Gasteiger partial charge on any atom is 0.282 e. The summed E-state index contributed by atoms with van der Waals surface area (Å²) < 4.78 is 30.4. The molecule has 3 rings (SSSR count). The first-order valence-corrected chi connectivity index (χ1v) is 10.9. The van der Waals surface area contributed by atoms with E-state index >= 15 is 0 Å². The van der Waals surface area contributed by atoms with Crippen LogP contribution in [0.1, 0.15) is 32.0 Å². The van der Waals surface area contributed by atoms with Crippen LogP contribution < -0.4 is 0 Å². The molecule has 0 aliphatic carbocycles. The Hall–Kier alpha value is -1.30. The van der Waals surface area contributed by atoms with Crippen LogP contribution in [0.3, 0.4) is 0 Å². The number of aryl methyl sites for hydroxylation is 1. The summed E-state index contributed by atoms with van der Waals surface area (Å²) in [4.78, 5) is 14.3. The molecule has 0 radical (unpaired) electrons. The number of aromatic amines is 1. The molecule has 3 heterocycles. The third-order valence-electron chi connectivity index (χ3n) is 4.91. The molecule has 146 valence electrons. The number of carbonyl (C=O) groups is 1. The van der Waals surface area contributed by atoms with Gasteiger partial charge in [-0.15, -0.1) is 0 Å². The average Bonchev–Trinajstić information content (AvgIpc) is 3.28. The number of H-pyrrole nitrogens is 1. The van der Waals surface area contributed by atoms with Gasteiger partial charge in [-0.3, -0.25) is 14.5 Å². The van der Waals surface area contributed by atoms with Crippen LogP contribution >= 0.6 is 12.2 Å². The lowest BCUT2D eigenvalue weighted by atomic mass is 10.3. The van der Waals surface area contributed by atoms with Crippen molar-refractivity contribution in [3.8, 4) is 0 Å². The summed E-state index contributed by atoms with van der Waals surface area (Å²) in [5, 5.41) is 6.91. The van der Waals surface area contributed by atoms with E-state index in [0.29, 0.717) is 44.0 Å². The molecular weight excluding hydrogens is 376 g/mol. The minimum absolute atomic E-state index is 0.0573. The van der Waals surface area contributed by atoms with E-state index in [1.165, 1.54) is 4.31 Å². The third kappa shape index (κ3) is 4.00. The van der Waals surface area contributed by atoms with Crippen molar-refractivity contribution in [2.75, 3.05) is 39.3 Å². The largest absolute Gasteiger partial charge is 0.338 e. The molecule has 26 heavy (non-hydrogen) atoms. The first-order chi connectivity index (χ1) is 12.4. The molecule has 0 atom stereocenters. The number of hydrogen-bond acceptors (Lipinski definition) is 5. The molecule has 0 saturated carbocycles. The summed E-state index contributed by atoms with van der Waals surface area (Å²) in [5.41, 5.74) is 0. The van der Waals surface area contributed by atoms with Crippen LogP contribution in [0.25, 0.3) is 0 Å². The van der Waals surface area contributed by atoms with E-state index in [1.54, 1.807) is 13.8 Å². The fraction of sp³-hybridized carbons (Fsp3) is 0.800. The Balaban J connectivity index is 1.59. The minimum atomic E-state index is -3.39. The fourth-order valence-electron chi connectivity index (χ4n) is 3.41. The molecular formula is C15H26N6O3S2. The van der Waals surface area contributed by atoms with Gasteiger partial charge in [0.1, 0.15) is 12.4 Å². The molecule has 1 N–H and O–H groups in total. The van der Waals surface area contributed by atoms with Gasteiger partial charge >= 0.3 is 0 Å². The van der Waals surface area contributed by atoms with Crippen LogP contribution in [-0.2, 0) is 28.0 Å². The van der Waals surface area contributed by atoms with Crippen molar-refractivity contribution in [1.29, 1.82) is 0 Å². The zero-order valence-electron chi connectivity index (χ0n) is 15.1. The number of piperazine rings is 1. The van der Waals surface area contributed by atoms with Gasteiger partial charge in [0.2, 0.25) is 5.91 Å². The number of hydrogen-bond donors (Lipinski definition) is 1. The van der Waals surface area contributed by atoms with Gasteiger partial charge in [0.25, 0.3) is 10.2 Å². The van der Waals surface area contributed by atoms with Gasteiger partial charge in [-0.25, -0.2) is 0 Å². The lowest BCUT2D eigenvalue weighted by Crippen LogP contribution is -2.54. The molecule has 2 aliphatic rings. The lowest BCUT2D eigenvalue weighted by Gasteiger charge is -2.35. The first-order valence-electron chi connectivity index (χ1n) is 9.10. The van der Waals surface area contributed by atoms with Gasteiger partial charge in [-0.1, -0.05) is 6.92 Å². The Morgan fingerprint density at radius 1 is 1.12 bits per heavy atom. The zero-order chi connectivity index (χ0) is 18.7. The molecule has 0 spiro atoms. The summed E-state index contributed by atoms with van der Waals surface area (Å²) in [5.74, 6) is 0.721. The molecule has 0 aromatic carbocycles. The summed E-state index contributed by atoms with van der Waals surface area (Å²) >= 11 is 5.22. The van der Waals surface area contributed by atoms with Gasteiger partial charge in [0.15, 0.2) is 4.77 Å². The normalized spacial score (nSPS) is 20.0. The highest BCUT2D eigenvalue weighted by Crippen LogP contribution is 2.18. The lowest BCUT2D eigenvalue weighted by molar-refractivity contribution is -0.133. The van der Waals surface area contributed by atoms with Crippen molar-refractivity contribution in [1.82, 2.24) is 28.3 Å². The SMILES string of the molecule is CCCc1n[nH]c(=S)n1CC(=O)N1CCN(S(=O)(=O)N2CCCC2)CC1. The Bertz CT molecular complexity index is 789. The number of rotatable bonds is 6. The Labute approximate surface area is 159 Å². The minimum Gasteiger partial charge on any atom is -0.338 e. The first kappa shape index (κ1) is 19.5. The Kier molecular flexibility index (Phi) is 6.10. The van der Waals surface area contributed by atoms with E-state index in [-0.39, 0.29) is 12.5 Å². The highest BCUT2D eigenvalue weighted by molar-refractivity contribution is 7.86. The van der Waals surface area contributed by atoms with Gasteiger partial charge in [-0.2, -0.15) is 22.1 Å². The molecule has 2 aliphatic heterocycles. The van der Waals surface area contributed by atoms with Crippen molar-refractivity contribution in [3.05, 3.63) is 10.6 Å². The maximum absolute atomic E-state index is 12.6. The van der Waals surface area contributed by atoms with E-state index in [9.17, 15) is 13.2 Å². The Morgan fingerprint density at radius 2 is 1.73 bits per heavy atom. The molecule has 1 amide bonds. The van der Waals surface area contributed by atoms with Crippen molar-refractivity contribution < 1.29 is 13.2 Å². The smallest absolute Gasteiger partial charge is 0.282 e. The number of amides is 1. The van der Waals surface area contributed by atoms with Gasteiger partial charge in [0, 0.05) is 45.7 Å². The quantitative estimate of drug-likeness (QED) is 0.694. The van der Waals surface area contributed by atoms with E-state index in [0.717, 1.165) is 31.5 Å². The summed E-state index contributed by atoms with van der Waals surface area (Å²) in [6, 6.07) is 0. The second kappa shape index (κ2) is 8.15. The van der Waals surface area contributed by atoms with E-state index < -0.39 is 10.2 Å². The molecule has 2 fully saturated rings. The van der Waals surface area contributed by atoms with E-state index in [1.807, 2.05) is 6.92 Å². The van der Waals surface area contributed by atoms with Crippen LogP contribution in [0, 0.1) is 4.77 Å². The van der Waals surface area contributed by atoms with Crippen LogP contribution in [0.2, 0.25) is 0 Å². The van der Waals surface area contributed by atoms with Crippen molar-refractivity contribution >= 4 is 28.3 Å². The molecule has 0 bridgehead atoms. The van der Waals surface area contributed by atoms with E-state index in [2.05, 4.69) is 10.2 Å². The number of nitrogens with zero attached hydrogens (tertiary/aromatic N) is 5. The standard InChI is InChI=1S/C15H26N6O3S2/c1-2-5-13-16-17-15(25)21(13)12-14(22)18-8-10-20(11-9-18)26(23,24)19-6-3-4-7-19/h2-12H2,1H3,(H,17,25). The molecule has 1 aromatic heterocycles. The van der Waals surface area contributed by atoms with Crippen LogP contribution in [0.15, 0.2) is 0 Å². The predicted octanol–water partition coefficient (Wildman–Crippen LogP) is 0.378. The van der Waals surface area contributed by atoms with Crippen LogP contribution in [0.5, 0.6) is 0 Å². The van der Waals surface area contributed by atoms with Crippen LogP contribution in [-0.4, -0.2) is 81.9 Å². The zero-order valence-corrected chi connectivity index (χ0v) is 16.7. The second-order valence-corrected chi connectivity index (χ2v) is 8.99. The summed E-state index contributed by atoms with van der Waals surface area (Å²) in [7, 11) is -3.39. The predicted molar refractivity (Wildman–Crippen MR) is 99.3 cm³/mol.